The van der Waals surface area contributed by atoms with Crippen molar-refractivity contribution in [1.82, 2.24) is 9.80 Å². The summed E-state index contributed by atoms with van der Waals surface area (Å²) in [6.45, 7) is 2.30. The van der Waals surface area contributed by atoms with Crippen LogP contribution in [0.2, 0.25) is 10.0 Å². The van der Waals surface area contributed by atoms with Gasteiger partial charge in [-0.3, -0.25) is 14.5 Å². The van der Waals surface area contributed by atoms with Crippen molar-refractivity contribution in [3.63, 3.8) is 0 Å². The number of nitrogens with one attached hydrogen (secondary N) is 1. The molecule has 1 saturated carbocycles. The number of carbonyl (C=O) groups excluding carboxylic acids is 2. The maximum absolute atomic E-state index is 13.2. The predicted molar refractivity (Wildman–Crippen MR) is 125 cm³/mol. The van der Waals surface area contributed by atoms with E-state index in [-0.39, 0.29) is 29.6 Å². The molecule has 2 aromatic carbocycles. The molecule has 0 bridgehead atoms. The molecular formula is C24H26Cl2FN3O2. The topological polar surface area (TPSA) is 52.7 Å². The summed E-state index contributed by atoms with van der Waals surface area (Å²) in [6, 6.07) is 10.5. The highest BCUT2D eigenvalue weighted by Gasteiger charge is 2.37. The van der Waals surface area contributed by atoms with E-state index in [2.05, 4.69) is 10.2 Å². The molecule has 2 amide bonds. The summed E-state index contributed by atoms with van der Waals surface area (Å²) in [5, 5.41) is 3.73. The molecular weight excluding hydrogens is 452 g/mol. The van der Waals surface area contributed by atoms with Crippen LogP contribution in [0.3, 0.4) is 0 Å². The Morgan fingerprint density at radius 1 is 0.938 bits per heavy atom. The van der Waals surface area contributed by atoms with E-state index < -0.39 is 0 Å². The Kier molecular flexibility index (Phi) is 7.33. The number of piperazine rings is 1. The number of hydrogen-bond acceptors (Lipinski definition) is 3. The molecule has 0 aromatic heterocycles. The second-order valence-corrected chi connectivity index (χ2v) is 9.26. The highest BCUT2D eigenvalue weighted by Crippen LogP contribution is 2.32. The van der Waals surface area contributed by atoms with Gasteiger partial charge in [-0.25, -0.2) is 4.39 Å². The molecule has 2 aromatic rings. The summed E-state index contributed by atoms with van der Waals surface area (Å²) in [5.41, 5.74) is 1.10. The van der Waals surface area contributed by atoms with Crippen molar-refractivity contribution >= 4 is 40.7 Å². The van der Waals surface area contributed by atoms with Crippen molar-refractivity contribution in [3.05, 3.63) is 63.9 Å². The molecule has 32 heavy (non-hydrogen) atoms. The number of amides is 2. The SMILES string of the molecule is O=C(Nc1ccc(F)cc1)C(C1CCCC1)N1CCN(C(=O)c2ccc(Cl)c(Cl)c2)CC1. The molecule has 1 unspecified atom stereocenters. The summed E-state index contributed by atoms with van der Waals surface area (Å²) < 4.78 is 13.2. The number of carbonyl (C=O) groups is 2. The fraction of sp³-hybridized carbons (Fsp3) is 0.417. The van der Waals surface area contributed by atoms with Gasteiger partial charge in [0, 0.05) is 37.4 Å². The zero-order chi connectivity index (χ0) is 22.7. The lowest BCUT2D eigenvalue weighted by molar-refractivity contribution is -0.123. The highest BCUT2D eigenvalue weighted by atomic mass is 35.5. The number of anilines is 1. The molecule has 1 aliphatic heterocycles. The van der Waals surface area contributed by atoms with Crippen molar-refractivity contribution in [2.45, 2.75) is 31.7 Å². The van der Waals surface area contributed by atoms with Crippen LogP contribution in [0, 0.1) is 11.7 Å². The van der Waals surface area contributed by atoms with Crippen LogP contribution >= 0.6 is 23.2 Å². The van der Waals surface area contributed by atoms with Crippen molar-refractivity contribution in [3.8, 4) is 0 Å². The van der Waals surface area contributed by atoms with Gasteiger partial charge in [0.1, 0.15) is 5.82 Å². The number of rotatable bonds is 5. The van der Waals surface area contributed by atoms with Crippen molar-refractivity contribution < 1.29 is 14.0 Å². The Labute approximate surface area is 197 Å². The molecule has 8 heteroatoms. The minimum Gasteiger partial charge on any atom is -0.336 e. The Bertz CT molecular complexity index is 972. The van der Waals surface area contributed by atoms with Gasteiger partial charge in [0.05, 0.1) is 16.1 Å². The van der Waals surface area contributed by atoms with Crippen LogP contribution in [-0.2, 0) is 4.79 Å². The lowest BCUT2D eigenvalue weighted by atomic mass is 9.94. The molecule has 170 valence electrons. The van der Waals surface area contributed by atoms with E-state index in [0.717, 1.165) is 25.7 Å². The first kappa shape index (κ1) is 23.0. The molecule has 1 heterocycles. The Morgan fingerprint density at radius 2 is 1.59 bits per heavy atom. The summed E-state index contributed by atoms with van der Waals surface area (Å²) in [6.07, 6.45) is 4.29. The molecule has 1 saturated heterocycles. The van der Waals surface area contributed by atoms with E-state index in [1.165, 1.54) is 12.1 Å². The van der Waals surface area contributed by atoms with Crippen LogP contribution in [0.1, 0.15) is 36.0 Å². The minimum atomic E-state index is -0.335. The van der Waals surface area contributed by atoms with Gasteiger partial charge in [0.2, 0.25) is 5.91 Å². The Hall–Kier alpha value is -2.15. The van der Waals surface area contributed by atoms with Crippen molar-refractivity contribution in [2.24, 2.45) is 5.92 Å². The maximum Gasteiger partial charge on any atom is 0.253 e. The summed E-state index contributed by atoms with van der Waals surface area (Å²) >= 11 is 12.0. The van der Waals surface area contributed by atoms with Gasteiger partial charge >= 0.3 is 0 Å². The molecule has 1 atom stereocenters. The predicted octanol–water partition coefficient (Wildman–Crippen LogP) is 5.09. The van der Waals surface area contributed by atoms with Gasteiger partial charge < -0.3 is 10.2 Å². The largest absolute Gasteiger partial charge is 0.336 e. The van der Waals surface area contributed by atoms with Gasteiger partial charge in [-0.15, -0.1) is 0 Å². The molecule has 1 aliphatic carbocycles. The van der Waals surface area contributed by atoms with E-state index in [1.807, 2.05) is 0 Å². The summed E-state index contributed by atoms with van der Waals surface area (Å²) in [7, 11) is 0. The van der Waals surface area contributed by atoms with Crippen LogP contribution < -0.4 is 5.32 Å². The average molecular weight is 478 g/mol. The second-order valence-electron chi connectivity index (χ2n) is 8.44. The van der Waals surface area contributed by atoms with Gasteiger partial charge in [0.25, 0.3) is 5.91 Å². The molecule has 4 rings (SSSR count). The quantitative estimate of drug-likeness (QED) is 0.652. The van der Waals surface area contributed by atoms with Gasteiger partial charge in [-0.2, -0.15) is 0 Å². The van der Waals surface area contributed by atoms with E-state index in [4.69, 9.17) is 23.2 Å². The fourth-order valence-electron chi connectivity index (χ4n) is 4.72. The van der Waals surface area contributed by atoms with Crippen LogP contribution in [0.4, 0.5) is 10.1 Å². The molecule has 1 N–H and O–H groups in total. The monoisotopic (exact) mass is 477 g/mol. The normalized spacial score (nSPS) is 18.5. The number of halogens is 3. The van der Waals surface area contributed by atoms with Gasteiger partial charge in [-0.05, 0) is 61.2 Å². The zero-order valence-corrected chi connectivity index (χ0v) is 19.2. The van der Waals surface area contributed by atoms with E-state index in [1.54, 1.807) is 35.2 Å². The van der Waals surface area contributed by atoms with Crippen LogP contribution in [0.25, 0.3) is 0 Å². The average Bonchev–Trinajstić information content (AvgIpc) is 3.32. The third-order valence-corrected chi connectivity index (χ3v) is 7.13. The van der Waals surface area contributed by atoms with Crippen LogP contribution in [0.15, 0.2) is 42.5 Å². The van der Waals surface area contributed by atoms with E-state index in [0.29, 0.717) is 47.5 Å². The molecule has 0 spiro atoms. The zero-order valence-electron chi connectivity index (χ0n) is 17.7. The molecule has 2 fully saturated rings. The molecule has 2 aliphatic rings. The maximum atomic E-state index is 13.2. The number of hydrogen-bond donors (Lipinski definition) is 1. The first-order valence-electron chi connectivity index (χ1n) is 11.0. The number of nitrogens with zero attached hydrogens (tertiary/aromatic N) is 2. The molecule has 0 radical (unpaired) electrons. The smallest absolute Gasteiger partial charge is 0.253 e. The second kappa shape index (κ2) is 10.2. The van der Waals surface area contributed by atoms with E-state index in [9.17, 15) is 14.0 Å². The van der Waals surface area contributed by atoms with Gasteiger partial charge in [-0.1, -0.05) is 36.0 Å². The van der Waals surface area contributed by atoms with Crippen molar-refractivity contribution in [2.75, 3.05) is 31.5 Å². The third kappa shape index (κ3) is 5.25. The highest BCUT2D eigenvalue weighted by molar-refractivity contribution is 6.42. The van der Waals surface area contributed by atoms with E-state index >= 15 is 0 Å². The minimum absolute atomic E-state index is 0.0623. The lowest BCUT2D eigenvalue weighted by Crippen LogP contribution is -2.56. The molecule has 5 nitrogen and oxygen atoms in total. The third-order valence-electron chi connectivity index (χ3n) is 6.39. The Balaban J connectivity index is 1.43. The van der Waals surface area contributed by atoms with Crippen LogP contribution in [0.5, 0.6) is 0 Å². The first-order valence-corrected chi connectivity index (χ1v) is 11.7. The van der Waals surface area contributed by atoms with Crippen molar-refractivity contribution in [1.29, 1.82) is 0 Å². The Morgan fingerprint density at radius 3 is 2.22 bits per heavy atom. The van der Waals surface area contributed by atoms with Crippen LogP contribution in [-0.4, -0.2) is 53.8 Å². The first-order chi connectivity index (χ1) is 15.4. The standard InChI is InChI=1S/C24H26Cl2FN3O2/c25-20-10-5-17(15-21(20)26)24(32)30-13-11-29(12-14-30)22(16-3-1-2-4-16)23(31)28-19-8-6-18(27)7-9-19/h5-10,15-16,22H,1-4,11-14H2,(H,28,31). The lowest BCUT2D eigenvalue weighted by Gasteiger charge is -2.40. The summed E-state index contributed by atoms with van der Waals surface area (Å²) in [5.74, 6) is -0.199. The summed E-state index contributed by atoms with van der Waals surface area (Å²) in [4.78, 5) is 30.1. The fourth-order valence-corrected chi connectivity index (χ4v) is 5.01. The number of benzene rings is 2. The van der Waals surface area contributed by atoms with Gasteiger partial charge in [0.15, 0.2) is 0 Å².